The number of fused-ring (bicyclic) bond motifs is 5. The molecule has 0 bridgehead atoms. The summed E-state index contributed by atoms with van der Waals surface area (Å²) in [4.78, 5) is 17.4. The zero-order chi connectivity index (χ0) is 20.1. The van der Waals surface area contributed by atoms with E-state index >= 15 is 0 Å². The molecule has 0 spiro atoms. The van der Waals surface area contributed by atoms with Gasteiger partial charge in [-0.25, -0.2) is 9.78 Å². The van der Waals surface area contributed by atoms with Gasteiger partial charge in [-0.2, -0.15) is 10.5 Å². The predicted octanol–water partition coefficient (Wildman–Crippen LogP) is 4.90. The van der Waals surface area contributed by atoms with Crippen molar-refractivity contribution in [2.75, 3.05) is 0 Å². The Hall–Kier alpha value is -3.87. The number of aromatic nitrogens is 1. The Morgan fingerprint density at radius 1 is 1.10 bits per heavy atom. The number of ether oxygens (including phenoxy) is 1. The molecule has 6 nitrogen and oxygen atoms in total. The standard InChI is InChI=1S/C22H10ClN3O3/c23-13-5-6-16-11(7-13)8-15-18(12(9-24)10-25)19-20(29-21(15)26-16)14-3-1-2-4-17(14)28-22(19)27/h1-8,12,18H. The number of nitrogens with zero attached hydrogens (tertiary/aromatic N) is 3. The van der Waals surface area contributed by atoms with Gasteiger partial charge in [-0.05, 0) is 36.4 Å². The van der Waals surface area contributed by atoms with Gasteiger partial charge in [0.05, 0.1) is 34.5 Å². The van der Waals surface area contributed by atoms with E-state index in [1.54, 1.807) is 48.5 Å². The smallest absolute Gasteiger partial charge is 0.343 e. The minimum Gasteiger partial charge on any atom is -0.437 e. The zero-order valence-corrected chi connectivity index (χ0v) is 15.5. The first-order valence-electron chi connectivity index (χ1n) is 8.73. The maximum Gasteiger partial charge on any atom is 0.343 e. The Balaban J connectivity index is 1.89. The third kappa shape index (κ3) is 2.55. The fourth-order valence-electron chi connectivity index (χ4n) is 3.74. The van der Waals surface area contributed by atoms with Crippen LogP contribution in [0.2, 0.25) is 5.02 Å². The van der Waals surface area contributed by atoms with E-state index in [9.17, 15) is 15.3 Å². The van der Waals surface area contributed by atoms with Crippen LogP contribution >= 0.6 is 11.6 Å². The molecule has 0 saturated heterocycles. The molecule has 1 aliphatic rings. The number of hydrogen-bond acceptors (Lipinski definition) is 6. The van der Waals surface area contributed by atoms with Gasteiger partial charge in [0.25, 0.3) is 0 Å². The quantitative estimate of drug-likeness (QED) is 0.422. The number of benzene rings is 2. The number of nitriles is 2. The Bertz CT molecular complexity index is 1450. The van der Waals surface area contributed by atoms with Gasteiger partial charge in [-0.15, -0.1) is 0 Å². The number of para-hydroxylation sites is 1. The zero-order valence-electron chi connectivity index (χ0n) is 14.7. The summed E-state index contributed by atoms with van der Waals surface area (Å²) in [5.74, 6) is -1.46. The number of hydrogen-bond donors (Lipinski definition) is 0. The molecule has 0 radical (unpaired) electrons. The van der Waals surface area contributed by atoms with Gasteiger partial charge in [-0.1, -0.05) is 23.7 Å². The molecule has 1 unspecified atom stereocenters. The molecule has 3 heterocycles. The topological polar surface area (TPSA) is 99.9 Å². The van der Waals surface area contributed by atoms with E-state index in [2.05, 4.69) is 4.98 Å². The Morgan fingerprint density at radius 2 is 1.90 bits per heavy atom. The van der Waals surface area contributed by atoms with E-state index in [0.717, 1.165) is 0 Å². The molecule has 0 N–H and O–H groups in total. The monoisotopic (exact) mass is 399 g/mol. The van der Waals surface area contributed by atoms with Gasteiger partial charge >= 0.3 is 5.63 Å². The third-order valence-electron chi connectivity index (χ3n) is 5.02. The summed E-state index contributed by atoms with van der Waals surface area (Å²) in [6.07, 6.45) is 0. The molecule has 0 aliphatic carbocycles. The molecule has 2 aromatic carbocycles. The maximum atomic E-state index is 12.8. The van der Waals surface area contributed by atoms with Crippen LogP contribution in [0.1, 0.15) is 17.0 Å². The van der Waals surface area contributed by atoms with E-state index < -0.39 is 17.5 Å². The summed E-state index contributed by atoms with van der Waals surface area (Å²) in [6.45, 7) is 0. The average molecular weight is 400 g/mol. The molecule has 0 amide bonds. The lowest BCUT2D eigenvalue weighted by Gasteiger charge is -2.27. The lowest BCUT2D eigenvalue weighted by atomic mass is 9.80. The highest BCUT2D eigenvalue weighted by Gasteiger charge is 2.39. The maximum absolute atomic E-state index is 12.8. The summed E-state index contributed by atoms with van der Waals surface area (Å²) in [7, 11) is 0. The van der Waals surface area contributed by atoms with Gasteiger partial charge in [0, 0.05) is 16.0 Å². The summed E-state index contributed by atoms with van der Waals surface area (Å²) in [5, 5.41) is 21.0. The molecule has 7 heteroatoms. The van der Waals surface area contributed by atoms with E-state index in [4.69, 9.17) is 20.8 Å². The van der Waals surface area contributed by atoms with Crippen LogP contribution < -0.4 is 10.4 Å². The first-order chi connectivity index (χ1) is 14.1. The molecular weight excluding hydrogens is 390 g/mol. The Kier molecular flexibility index (Phi) is 3.77. The highest BCUT2D eigenvalue weighted by Crippen LogP contribution is 2.48. The summed E-state index contributed by atoms with van der Waals surface area (Å²) < 4.78 is 11.5. The molecule has 1 atom stereocenters. The van der Waals surface area contributed by atoms with Crippen molar-refractivity contribution in [1.29, 1.82) is 10.5 Å². The number of pyridine rings is 1. The van der Waals surface area contributed by atoms with Crippen LogP contribution in [0.5, 0.6) is 11.6 Å². The number of halogens is 1. The largest absolute Gasteiger partial charge is 0.437 e. The summed E-state index contributed by atoms with van der Waals surface area (Å²) >= 11 is 6.10. The van der Waals surface area contributed by atoms with Crippen molar-refractivity contribution >= 4 is 33.5 Å². The van der Waals surface area contributed by atoms with Crippen molar-refractivity contribution < 1.29 is 9.15 Å². The molecule has 4 aromatic rings. The minimum atomic E-state index is -1.13. The minimum absolute atomic E-state index is 0.146. The lowest BCUT2D eigenvalue weighted by Crippen LogP contribution is -2.24. The van der Waals surface area contributed by atoms with Crippen LogP contribution in [0.3, 0.4) is 0 Å². The van der Waals surface area contributed by atoms with E-state index in [1.807, 2.05) is 12.1 Å². The SMILES string of the molecule is N#CC(C#N)C1c2cc3cc(Cl)ccc3nc2Oc2c1c(=O)oc1ccccc21. The molecule has 0 saturated carbocycles. The van der Waals surface area contributed by atoms with Crippen LogP contribution in [-0.2, 0) is 0 Å². The lowest BCUT2D eigenvalue weighted by molar-refractivity contribution is 0.410. The molecule has 29 heavy (non-hydrogen) atoms. The second-order valence-corrected chi connectivity index (χ2v) is 7.10. The Labute approximate surface area is 169 Å². The predicted molar refractivity (Wildman–Crippen MR) is 106 cm³/mol. The van der Waals surface area contributed by atoms with E-state index in [0.29, 0.717) is 32.5 Å². The highest BCUT2D eigenvalue weighted by molar-refractivity contribution is 6.31. The van der Waals surface area contributed by atoms with Crippen LogP contribution in [0.15, 0.2) is 57.7 Å². The van der Waals surface area contributed by atoms with Crippen molar-refractivity contribution in [3.63, 3.8) is 0 Å². The molecule has 5 rings (SSSR count). The van der Waals surface area contributed by atoms with E-state index in [1.165, 1.54) is 0 Å². The highest BCUT2D eigenvalue weighted by atomic mass is 35.5. The van der Waals surface area contributed by atoms with Crippen LogP contribution in [0.25, 0.3) is 21.9 Å². The van der Waals surface area contributed by atoms with E-state index in [-0.39, 0.29) is 17.2 Å². The van der Waals surface area contributed by atoms with Crippen molar-refractivity contribution in [2.45, 2.75) is 5.92 Å². The van der Waals surface area contributed by atoms with Crippen molar-refractivity contribution in [1.82, 2.24) is 4.98 Å². The molecule has 0 fully saturated rings. The second kappa shape index (κ2) is 6.34. The normalized spacial score (nSPS) is 14.7. The van der Waals surface area contributed by atoms with Crippen molar-refractivity contribution in [3.05, 3.63) is 75.1 Å². The molecule has 2 aromatic heterocycles. The summed E-state index contributed by atoms with van der Waals surface area (Å²) in [5.41, 5.74) is 0.982. The van der Waals surface area contributed by atoms with Gasteiger partial charge in [0.15, 0.2) is 5.75 Å². The van der Waals surface area contributed by atoms with Crippen molar-refractivity contribution in [2.24, 2.45) is 5.92 Å². The fraction of sp³-hybridized carbons (Fsp3) is 0.0909. The Morgan fingerprint density at radius 3 is 2.69 bits per heavy atom. The third-order valence-corrected chi connectivity index (χ3v) is 5.26. The van der Waals surface area contributed by atoms with Gasteiger partial charge in [-0.3, -0.25) is 0 Å². The van der Waals surface area contributed by atoms with Crippen LogP contribution in [-0.4, -0.2) is 4.98 Å². The van der Waals surface area contributed by atoms with Crippen molar-refractivity contribution in [3.8, 4) is 23.8 Å². The molecular formula is C22H10ClN3O3. The first-order valence-corrected chi connectivity index (χ1v) is 9.11. The van der Waals surface area contributed by atoms with Crippen LogP contribution in [0, 0.1) is 28.6 Å². The van der Waals surface area contributed by atoms with Crippen LogP contribution in [0.4, 0.5) is 0 Å². The molecule has 1 aliphatic heterocycles. The number of rotatable bonds is 1. The van der Waals surface area contributed by atoms with Gasteiger partial charge in [0.1, 0.15) is 11.5 Å². The second-order valence-electron chi connectivity index (χ2n) is 6.66. The van der Waals surface area contributed by atoms with Gasteiger partial charge in [0.2, 0.25) is 5.88 Å². The molecule has 138 valence electrons. The average Bonchev–Trinajstić information content (AvgIpc) is 2.73. The summed E-state index contributed by atoms with van der Waals surface area (Å²) in [6, 6.07) is 17.9. The fourth-order valence-corrected chi connectivity index (χ4v) is 3.92. The van der Waals surface area contributed by atoms with Gasteiger partial charge < -0.3 is 9.15 Å². The first kappa shape index (κ1) is 17.2.